The zero-order chi connectivity index (χ0) is 17.0. The Bertz CT molecular complexity index is 589. The van der Waals surface area contributed by atoms with Gasteiger partial charge in [-0.2, -0.15) is 4.39 Å². The minimum absolute atomic E-state index is 0.0669. The summed E-state index contributed by atoms with van der Waals surface area (Å²) in [5, 5.41) is 8.73. The number of carbonyl (C=O) groups is 2. The standard InChI is InChI=1S/C15H18F2N2O4/c1-10(23-12-4-2-3-11(16)14(12)17)15(22)19-7-5-18(6-8-19)9-13(20)21/h2-4,10H,5-9H2,1H3,(H,20,21). The second-order valence-corrected chi connectivity index (χ2v) is 5.31. The molecule has 0 radical (unpaired) electrons. The summed E-state index contributed by atoms with van der Waals surface area (Å²) in [6, 6.07) is 3.53. The SMILES string of the molecule is CC(Oc1cccc(F)c1F)C(=O)N1CCN(CC(=O)O)CC1. The molecule has 1 heterocycles. The highest BCUT2D eigenvalue weighted by Crippen LogP contribution is 2.21. The molecule has 1 saturated heterocycles. The highest BCUT2D eigenvalue weighted by atomic mass is 19.2. The van der Waals surface area contributed by atoms with Gasteiger partial charge in [0.05, 0.1) is 6.54 Å². The maximum atomic E-state index is 13.6. The smallest absolute Gasteiger partial charge is 0.317 e. The van der Waals surface area contributed by atoms with Gasteiger partial charge >= 0.3 is 5.97 Å². The van der Waals surface area contributed by atoms with Crippen LogP contribution >= 0.6 is 0 Å². The third-order valence-electron chi connectivity index (χ3n) is 3.61. The first-order valence-corrected chi connectivity index (χ1v) is 7.22. The van der Waals surface area contributed by atoms with E-state index in [4.69, 9.17) is 9.84 Å². The number of hydrogen-bond acceptors (Lipinski definition) is 4. The maximum Gasteiger partial charge on any atom is 0.317 e. The topological polar surface area (TPSA) is 70.1 Å². The summed E-state index contributed by atoms with van der Waals surface area (Å²) in [6.45, 7) is 3.02. The van der Waals surface area contributed by atoms with Gasteiger partial charge in [-0.15, -0.1) is 0 Å². The van der Waals surface area contributed by atoms with Gasteiger partial charge in [0.15, 0.2) is 17.7 Å². The molecule has 1 fully saturated rings. The third kappa shape index (κ3) is 4.38. The van der Waals surface area contributed by atoms with Crippen LogP contribution in [-0.2, 0) is 9.59 Å². The van der Waals surface area contributed by atoms with E-state index in [1.54, 1.807) is 4.90 Å². The van der Waals surface area contributed by atoms with E-state index in [2.05, 4.69) is 0 Å². The van der Waals surface area contributed by atoms with Crippen LogP contribution in [0.25, 0.3) is 0 Å². The lowest BCUT2D eigenvalue weighted by Crippen LogP contribution is -2.52. The van der Waals surface area contributed by atoms with Crippen molar-refractivity contribution >= 4 is 11.9 Å². The van der Waals surface area contributed by atoms with E-state index in [-0.39, 0.29) is 18.2 Å². The highest BCUT2D eigenvalue weighted by molar-refractivity contribution is 5.81. The number of piperazine rings is 1. The van der Waals surface area contributed by atoms with Crippen molar-refractivity contribution in [1.82, 2.24) is 9.80 Å². The van der Waals surface area contributed by atoms with Gasteiger partial charge in [-0.1, -0.05) is 6.07 Å². The van der Waals surface area contributed by atoms with Gasteiger partial charge in [-0.3, -0.25) is 14.5 Å². The second kappa shape index (κ2) is 7.36. The average molecular weight is 328 g/mol. The largest absolute Gasteiger partial charge is 0.480 e. The van der Waals surface area contributed by atoms with Crippen LogP contribution in [0, 0.1) is 11.6 Å². The zero-order valence-electron chi connectivity index (χ0n) is 12.7. The van der Waals surface area contributed by atoms with Crippen LogP contribution in [0.5, 0.6) is 5.75 Å². The maximum absolute atomic E-state index is 13.6. The quantitative estimate of drug-likeness (QED) is 0.872. The number of benzene rings is 1. The van der Waals surface area contributed by atoms with Gasteiger partial charge in [0.2, 0.25) is 5.82 Å². The van der Waals surface area contributed by atoms with Crippen molar-refractivity contribution in [3.8, 4) is 5.75 Å². The molecular weight excluding hydrogens is 310 g/mol. The Hall–Kier alpha value is -2.22. The summed E-state index contributed by atoms with van der Waals surface area (Å²) < 4.78 is 31.9. The van der Waals surface area contributed by atoms with E-state index in [1.165, 1.54) is 24.0 Å². The molecule has 0 bridgehead atoms. The molecule has 8 heteroatoms. The van der Waals surface area contributed by atoms with E-state index in [9.17, 15) is 18.4 Å². The molecule has 0 aromatic heterocycles. The summed E-state index contributed by atoms with van der Waals surface area (Å²) in [4.78, 5) is 26.2. The molecule has 1 aromatic carbocycles. The summed E-state index contributed by atoms with van der Waals surface area (Å²) in [7, 11) is 0. The molecule has 0 spiro atoms. The molecule has 2 rings (SSSR count). The van der Waals surface area contributed by atoms with Gasteiger partial charge < -0.3 is 14.7 Å². The van der Waals surface area contributed by atoms with Gasteiger partial charge in [-0.25, -0.2) is 4.39 Å². The number of carbonyl (C=O) groups excluding carboxylic acids is 1. The Morgan fingerprint density at radius 2 is 1.91 bits per heavy atom. The number of amides is 1. The Balaban J connectivity index is 1.91. The van der Waals surface area contributed by atoms with Gasteiger partial charge in [-0.05, 0) is 19.1 Å². The first-order valence-electron chi connectivity index (χ1n) is 7.22. The number of aliphatic carboxylic acids is 1. The summed E-state index contributed by atoms with van der Waals surface area (Å²) in [5.41, 5.74) is 0. The number of hydrogen-bond donors (Lipinski definition) is 1. The number of ether oxygens (including phenoxy) is 1. The number of rotatable bonds is 5. The van der Waals surface area contributed by atoms with Crippen LogP contribution in [0.2, 0.25) is 0 Å². The van der Waals surface area contributed by atoms with Crippen LogP contribution in [0.3, 0.4) is 0 Å². The van der Waals surface area contributed by atoms with Crippen LogP contribution in [-0.4, -0.2) is 65.6 Å². The van der Waals surface area contributed by atoms with Crippen LogP contribution < -0.4 is 4.74 Å². The van der Waals surface area contributed by atoms with Crippen molar-refractivity contribution in [2.45, 2.75) is 13.0 Å². The van der Waals surface area contributed by atoms with Gasteiger partial charge in [0, 0.05) is 26.2 Å². The predicted octanol–water partition coefficient (Wildman–Crippen LogP) is 0.961. The fourth-order valence-electron chi connectivity index (χ4n) is 2.39. The van der Waals surface area contributed by atoms with Crippen molar-refractivity contribution < 1.29 is 28.2 Å². The molecular formula is C15H18F2N2O4. The molecule has 1 atom stereocenters. The Labute approximate surface area is 132 Å². The number of carboxylic acids is 1. The normalized spacial score (nSPS) is 16.9. The minimum atomic E-state index is -1.13. The fourth-order valence-corrected chi connectivity index (χ4v) is 2.39. The van der Waals surface area contributed by atoms with Gasteiger partial charge in [0.1, 0.15) is 0 Å². The molecule has 126 valence electrons. The predicted molar refractivity (Wildman–Crippen MR) is 77.1 cm³/mol. The molecule has 1 N–H and O–H groups in total. The van der Waals surface area contributed by atoms with Crippen molar-refractivity contribution in [2.75, 3.05) is 32.7 Å². The fraction of sp³-hybridized carbons (Fsp3) is 0.467. The zero-order valence-corrected chi connectivity index (χ0v) is 12.7. The Kier molecular flexibility index (Phi) is 5.49. The summed E-state index contributed by atoms with van der Waals surface area (Å²) in [6.07, 6.45) is -0.961. The lowest BCUT2D eigenvalue weighted by Gasteiger charge is -2.35. The van der Waals surface area contributed by atoms with Crippen LogP contribution in [0.15, 0.2) is 18.2 Å². The number of halogens is 2. The van der Waals surface area contributed by atoms with E-state index < -0.39 is 23.7 Å². The van der Waals surface area contributed by atoms with E-state index in [0.29, 0.717) is 26.2 Å². The summed E-state index contributed by atoms with van der Waals surface area (Å²) >= 11 is 0. The van der Waals surface area contributed by atoms with Crippen molar-refractivity contribution in [1.29, 1.82) is 0 Å². The molecule has 1 aliphatic rings. The monoisotopic (exact) mass is 328 g/mol. The first-order chi connectivity index (χ1) is 10.9. The highest BCUT2D eigenvalue weighted by Gasteiger charge is 2.27. The third-order valence-corrected chi connectivity index (χ3v) is 3.61. The molecule has 1 amide bonds. The van der Waals surface area contributed by atoms with E-state index in [1.807, 2.05) is 0 Å². The molecule has 1 aromatic rings. The lowest BCUT2D eigenvalue weighted by molar-refractivity contribution is -0.141. The molecule has 23 heavy (non-hydrogen) atoms. The lowest BCUT2D eigenvalue weighted by atomic mass is 10.2. The minimum Gasteiger partial charge on any atom is -0.480 e. The molecule has 6 nitrogen and oxygen atoms in total. The average Bonchev–Trinajstić information content (AvgIpc) is 2.51. The molecule has 1 aliphatic heterocycles. The van der Waals surface area contributed by atoms with Crippen molar-refractivity contribution in [3.63, 3.8) is 0 Å². The Morgan fingerprint density at radius 3 is 2.52 bits per heavy atom. The Morgan fingerprint density at radius 1 is 1.26 bits per heavy atom. The number of carboxylic acid groups (broad SMARTS) is 1. The molecule has 0 aliphatic carbocycles. The van der Waals surface area contributed by atoms with E-state index >= 15 is 0 Å². The molecule has 0 saturated carbocycles. The molecule has 1 unspecified atom stereocenters. The van der Waals surface area contributed by atoms with Crippen molar-refractivity contribution in [3.05, 3.63) is 29.8 Å². The van der Waals surface area contributed by atoms with Crippen LogP contribution in [0.4, 0.5) is 8.78 Å². The number of nitrogens with zero attached hydrogens (tertiary/aromatic N) is 2. The second-order valence-electron chi connectivity index (χ2n) is 5.31. The first kappa shape index (κ1) is 17.1. The van der Waals surface area contributed by atoms with Crippen molar-refractivity contribution in [2.24, 2.45) is 0 Å². The summed E-state index contributed by atoms with van der Waals surface area (Å²) in [5.74, 6) is -3.73. The van der Waals surface area contributed by atoms with Crippen LogP contribution in [0.1, 0.15) is 6.92 Å². The van der Waals surface area contributed by atoms with E-state index in [0.717, 1.165) is 6.07 Å². The van der Waals surface area contributed by atoms with Gasteiger partial charge in [0.25, 0.3) is 5.91 Å².